The van der Waals surface area contributed by atoms with Crippen molar-refractivity contribution in [3.05, 3.63) is 18.2 Å². The number of anilines is 2. The molecular formula is C17H26N2O3. The van der Waals surface area contributed by atoms with E-state index >= 15 is 0 Å². The fraction of sp³-hybridized carbons (Fsp3) is 0.588. The SMILES string of the molecule is CC(C)CCOC(=O)C(C)N1CC(C)Oc2cccc(N)c21. The zero-order valence-electron chi connectivity index (χ0n) is 13.8. The van der Waals surface area contributed by atoms with Crippen LogP contribution in [-0.2, 0) is 9.53 Å². The van der Waals surface area contributed by atoms with E-state index < -0.39 is 0 Å². The van der Waals surface area contributed by atoms with Gasteiger partial charge in [-0.05, 0) is 38.3 Å². The molecule has 0 bridgehead atoms. The number of esters is 1. The number of carbonyl (C=O) groups is 1. The van der Waals surface area contributed by atoms with E-state index in [4.69, 9.17) is 15.2 Å². The summed E-state index contributed by atoms with van der Waals surface area (Å²) >= 11 is 0. The second kappa shape index (κ2) is 6.90. The number of fused-ring (bicyclic) bond motifs is 1. The average Bonchev–Trinajstić information content (AvgIpc) is 2.45. The predicted octanol–water partition coefficient (Wildman–Crippen LogP) is 2.83. The summed E-state index contributed by atoms with van der Waals surface area (Å²) in [5.74, 6) is 1.02. The second-order valence-electron chi connectivity index (χ2n) is 6.30. The van der Waals surface area contributed by atoms with Crippen LogP contribution in [0.5, 0.6) is 5.75 Å². The van der Waals surface area contributed by atoms with Crippen LogP contribution < -0.4 is 15.4 Å². The summed E-state index contributed by atoms with van der Waals surface area (Å²) in [5, 5.41) is 0. The molecule has 5 nitrogen and oxygen atoms in total. The predicted molar refractivity (Wildman–Crippen MR) is 88.2 cm³/mol. The van der Waals surface area contributed by atoms with Gasteiger partial charge in [-0.1, -0.05) is 19.9 Å². The van der Waals surface area contributed by atoms with E-state index in [9.17, 15) is 4.79 Å². The summed E-state index contributed by atoms with van der Waals surface area (Å²) in [7, 11) is 0. The lowest BCUT2D eigenvalue weighted by Gasteiger charge is -2.38. The molecule has 0 saturated heterocycles. The van der Waals surface area contributed by atoms with Crippen molar-refractivity contribution in [3.8, 4) is 5.75 Å². The van der Waals surface area contributed by atoms with Crippen LogP contribution in [0.2, 0.25) is 0 Å². The van der Waals surface area contributed by atoms with Gasteiger partial charge in [0, 0.05) is 0 Å². The number of nitrogens with zero attached hydrogens (tertiary/aromatic N) is 1. The van der Waals surface area contributed by atoms with Crippen molar-refractivity contribution >= 4 is 17.3 Å². The Morgan fingerprint density at radius 3 is 2.86 bits per heavy atom. The Morgan fingerprint density at radius 2 is 2.18 bits per heavy atom. The molecule has 0 saturated carbocycles. The van der Waals surface area contributed by atoms with Crippen LogP contribution in [0.4, 0.5) is 11.4 Å². The molecule has 2 atom stereocenters. The molecule has 2 unspecified atom stereocenters. The summed E-state index contributed by atoms with van der Waals surface area (Å²) in [6.07, 6.45) is 0.872. The molecule has 1 aromatic rings. The molecule has 0 aromatic heterocycles. The molecule has 2 N–H and O–H groups in total. The Bertz CT molecular complexity index is 531. The number of hydrogen-bond donors (Lipinski definition) is 1. The maximum Gasteiger partial charge on any atom is 0.328 e. The summed E-state index contributed by atoms with van der Waals surface area (Å²) in [6.45, 7) is 9.12. The lowest BCUT2D eigenvalue weighted by molar-refractivity contribution is -0.145. The number of ether oxygens (including phenoxy) is 2. The smallest absolute Gasteiger partial charge is 0.328 e. The van der Waals surface area contributed by atoms with Gasteiger partial charge in [0.15, 0.2) is 0 Å². The molecule has 122 valence electrons. The van der Waals surface area contributed by atoms with E-state index in [1.165, 1.54) is 0 Å². The third kappa shape index (κ3) is 3.64. The first-order valence-corrected chi connectivity index (χ1v) is 7.88. The molecule has 0 fully saturated rings. The maximum absolute atomic E-state index is 12.3. The van der Waals surface area contributed by atoms with Gasteiger partial charge >= 0.3 is 5.97 Å². The molecule has 2 rings (SSSR count). The van der Waals surface area contributed by atoms with Crippen molar-refractivity contribution in [1.82, 2.24) is 0 Å². The number of carbonyl (C=O) groups excluding carboxylic acids is 1. The lowest BCUT2D eigenvalue weighted by Crippen LogP contribution is -2.47. The first kappa shape index (κ1) is 16.5. The first-order chi connectivity index (χ1) is 10.4. The number of rotatable bonds is 5. The molecule has 1 aliphatic rings. The Hall–Kier alpha value is -1.91. The molecule has 0 radical (unpaired) electrons. The largest absolute Gasteiger partial charge is 0.487 e. The lowest BCUT2D eigenvalue weighted by atomic mass is 10.1. The van der Waals surface area contributed by atoms with Gasteiger partial charge in [-0.15, -0.1) is 0 Å². The molecular weight excluding hydrogens is 280 g/mol. The second-order valence-corrected chi connectivity index (χ2v) is 6.30. The first-order valence-electron chi connectivity index (χ1n) is 7.88. The van der Waals surface area contributed by atoms with Gasteiger partial charge in [0.2, 0.25) is 0 Å². The summed E-state index contributed by atoms with van der Waals surface area (Å²) in [4.78, 5) is 14.3. The van der Waals surface area contributed by atoms with Crippen LogP contribution in [0.25, 0.3) is 0 Å². The number of para-hydroxylation sites is 1. The normalized spacial score (nSPS) is 18.6. The Kier molecular flexibility index (Phi) is 5.16. The van der Waals surface area contributed by atoms with Crippen molar-refractivity contribution in [2.75, 3.05) is 23.8 Å². The monoisotopic (exact) mass is 306 g/mol. The number of hydrogen-bond acceptors (Lipinski definition) is 5. The van der Waals surface area contributed by atoms with Gasteiger partial charge in [0.1, 0.15) is 23.6 Å². The van der Waals surface area contributed by atoms with Crippen LogP contribution in [0.15, 0.2) is 18.2 Å². The molecule has 22 heavy (non-hydrogen) atoms. The van der Waals surface area contributed by atoms with Gasteiger partial charge < -0.3 is 20.1 Å². The Morgan fingerprint density at radius 1 is 1.45 bits per heavy atom. The highest BCUT2D eigenvalue weighted by Gasteiger charge is 2.32. The molecule has 1 heterocycles. The highest BCUT2D eigenvalue weighted by atomic mass is 16.5. The van der Waals surface area contributed by atoms with Crippen molar-refractivity contribution in [1.29, 1.82) is 0 Å². The minimum absolute atomic E-state index is 0.000198. The third-order valence-corrected chi connectivity index (χ3v) is 3.85. The molecule has 1 aromatic carbocycles. The van der Waals surface area contributed by atoms with Gasteiger partial charge in [-0.25, -0.2) is 4.79 Å². The minimum atomic E-state index is -0.387. The fourth-order valence-corrected chi connectivity index (χ4v) is 2.56. The summed E-state index contributed by atoms with van der Waals surface area (Å²) in [5.41, 5.74) is 7.48. The zero-order valence-corrected chi connectivity index (χ0v) is 13.8. The maximum atomic E-state index is 12.3. The van der Waals surface area contributed by atoms with E-state index in [1.807, 2.05) is 36.9 Å². The van der Waals surface area contributed by atoms with Crippen LogP contribution >= 0.6 is 0 Å². The Labute approximate surface area is 132 Å². The van der Waals surface area contributed by atoms with Crippen molar-refractivity contribution in [3.63, 3.8) is 0 Å². The standard InChI is InChI=1S/C17H26N2O3/c1-11(2)8-9-21-17(20)13(4)19-10-12(3)22-15-7-5-6-14(18)16(15)19/h5-7,11-13H,8-10,18H2,1-4H3. The molecule has 5 heteroatoms. The molecule has 0 spiro atoms. The van der Waals surface area contributed by atoms with E-state index in [2.05, 4.69) is 13.8 Å². The van der Waals surface area contributed by atoms with Crippen LogP contribution in [-0.4, -0.2) is 31.3 Å². The third-order valence-electron chi connectivity index (χ3n) is 3.85. The van der Waals surface area contributed by atoms with Crippen molar-refractivity contribution < 1.29 is 14.3 Å². The van der Waals surface area contributed by atoms with Gasteiger partial charge in [-0.3, -0.25) is 0 Å². The highest BCUT2D eigenvalue weighted by Crippen LogP contribution is 2.39. The number of benzene rings is 1. The number of nitrogens with two attached hydrogens (primary N) is 1. The average molecular weight is 306 g/mol. The van der Waals surface area contributed by atoms with Crippen molar-refractivity contribution in [2.24, 2.45) is 5.92 Å². The topological polar surface area (TPSA) is 64.8 Å². The molecule has 1 aliphatic heterocycles. The zero-order chi connectivity index (χ0) is 16.3. The number of nitrogen functional groups attached to an aromatic ring is 1. The quantitative estimate of drug-likeness (QED) is 0.669. The van der Waals surface area contributed by atoms with E-state index in [1.54, 1.807) is 0 Å². The molecule has 0 aliphatic carbocycles. The highest BCUT2D eigenvalue weighted by molar-refractivity contribution is 5.85. The minimum Gasteiger partial charge on any atom is -0.487 e. The van der Waals surface area contributed by atoms with Crippen LogP contribution in [0.1, 0.15) is 34.1 Å². The molecule has 0 amide bonds. The van der Waals surface area contributed by atoms with E-state index in [0.29, 0.717) is 24.8 Å². The van der Waals surface area contributed by atoms with Crippen molar-refractivity contribution in [2.45, 2.75) is 46.3 Å². The van der Waals surface area contributed by atoms with Gasteiger partial charge in [0.25, 0.3) is 0 Å². The Balaban J connectivity index is 2.13. The van der Waals surface area contributed by atoms with Crippen LogP contribution in [0, 0.1) is 5.92 Å². The fourth-order valence-electron chi connectivity index (χ4n) is 2.56. The van der Waals surface area contributed by atoms with Crippen LogP contribution in [0.3, 0.4) is 0 Å². The van der Waals surface area contributed by atoms with Gasteiger partial charge in [-0.2, -0.15) is 0 Å². The van der Waals surface area contributed by atoms with E-state index in [0.717, 1.165) is 17.9 Å². The van der Waals surface area contributed by atoms with E-state index in [-0.39, 0.29) is 18.1 Å². The summed E-state index contributed by atoms with van der Waals surface area (Å²) in [6, 6.07) is 5.17. The summed E-state index contributed by atoms with van der Waals surface area (Å²) < 4.78 is 11.2. The van der Waals surface area contributed by atoms with Gasteiger partial charge in [0.05, 0.1) is 18.8 Å².